The number of benzene rings is 1. The number of rotatable bonds is 6. The third-order valence-electron chi connectivity index (χ3n) is 4.30. The number of nitrogens with one attached hydrogen (secondary N) is 2. The fourth-order valence-corrected chi connectivity index (χ4v) is 2.60. The highest BCUT2D eigenvalue weighted by Gasteiger charge is 2.28. The van der Waals surface area contributed by atoms with Crippen LogP contribution < -0.4 is 10.6 Å². The van der Waals surface area contributed by atoms with Gasteiger partial charge in [0.2, 0.25) is 5.91 Å². The Bertz CT molecular complexity index is 631. The zero-order chi connectivity index (χ0) is 15.4. The lowest BCUT2D eigenvalue weighted by Gasteiger charge is -2.31. The first-order chi connectivity index (χ1) is 10.7. The fourth-order valence-electron chi connectivity index (χ4n) is 2.60. The maximum Gasteiger partial charge on any atom is 0.223 e. The van der Waals surface area contributed by atoms with E-state index in [1.54, 1.807) is 11.0 Å². The van der Waals surface area contributed by atoms with Gasteiger partial charge in [-0.1, -0.05) is 31.2 Å². The van der Waals surface area contributed by atoms with Crippen LogP contribution in [0, 0.1) is 11.8 Å². The van der Waals surface area contributed by atoms with Gasteiger partial charge in [0.15, 0.2) is 0 Å². The largest absolute Gasteiger partial charge is 0.352 e. The van der Waals surface area contributed by atoms with Gasteiger partial charge in [0.25, 0.3) is 0 Å². The van der Waals surface area contributed by atoms with Crippen molar-refractivity contribution >= 4 is 30.7 Å². The molecule has 0 aliphatic carbocycles. The Morgan fingerprint density at radius 3 is 2.62 bits per heavy atom. The number of halogens is 2. The first-order valence-electron chi connectivity index (χ1n) is 7.61. The van der Waals surface area contributed by atoms with Gasteiger partial charge in [0, 0.05) is 12.5 Å². The molecule has 1 saturated heterocycles. The third-order valence-corrected chi connectivity index (χ3v) is 4.30. The molecule has 8 heteroatoms. The quantitative estimate of drug-likeness (QED) is 0.809. The van der Waals surface area contributed by atoms with Crippen LogP contribution in [0.5, 0.6) is 0 Å². The molecule has 1 aromatic carbocycles. The standard InChI is InChI=1S/C16H21N5O.2ClH/c1-12(15-6-17-7-15)16(22)19-8-13-4-2-3-5-14(13)9-21-11-18-10-20-21;;/h2-5,10-12,15,17H,6-9H2,1H3,(H,19,22);2*1H. The van der Waals surface area contributed by atoms with Crippen LogP contribution in [0.2, 0.25) is 0 Å². The van der Waals surface area contributed by atoms with Gasteiger partial charge in [0.1, 0.15) is 12.7 Å². The molecule has 0 radical (unpaired) electrons. The Balaban J connectivity index is 0.00000144. The summed E-state index contributed by atoms with van der Waals surface area (Å²) in [6.07, 6.45) is 3.22. The molecule has 24 heavy (non-hydrogen) atoms. The molecule has 0 saturated carbocycles. The second-order valence-corrected chi connectivity index (χ2v) is 5.79. The van der Waals surface area contributed by atoms with Gasteiger partial charge in [-0.3, -0.25) is 4.79 Å². The van der Waals surface area contributed by atoms with Gasteiger partial charge < -0.3 is 10.6 Å². The average Bonchev–Trinajstić information content (AvgIpc) is 2.97. The second kappa shape index (κ2) is 9.61. The number of amides is 1. The molecule has 0 bridgehead atoms. The van der Waals surface area contributed by atoms with Crippen molar-refractivity contribution in [2.45, 2.75) is 20.0 Å². The predicted molar refractivity (Wildman–Crippen MR) is 97.4 cm³/mol. The van der Waals surface area contributed by atoms with Crippen LogP contribution in [0.25, 0.3) is 0 Å². The molecule has 2 N–H and O–H groups in total. The summed E-state index contributed by atoms with van der Waals surface area (Å²) >= 11 is 0. The van der Waals surface area contributed by atoms with Crippen LogP contribution in [0.15, 0.2) is 36.9 Å². The summed E-state index contributed by atoms with van der Waals surface area (Å²) in [7, 11) is 0. The SMILES string of the molecule is CC(C(=O)NCc1ccccc1Cn1cncn1)C1CNC1.Cl.Cl. The molecule has 1 fully saturated rings. The lowest BCUT2D eigenvalue weighted by molar-refractivity contribution is -0.126. The van der Waals surface area contributed by atoms with Crippen LogP contribution in [0.3, 0.4) is 0 Å². The van der Waals surface area contributed by atoms with E-state index in [0.29, 0.717) is 19.0 Å². The van der Waals surface area contributed by atoms with Crippen LogP contribution in [-0.4, -0.2) is 33.8 Å². The predicted octanol–water partition coefficient (Wildman–Crippen LogP) is 1.64. The maximum absolute atomic E-state index is 12.2. The summed E-state index contributed by atoms with van der Waals surface area (Å²) in [5.41, 5.74) is 2.26. The van der Waals surface area contributed by atoms with E-state index < -0.39 is 0 Å². The van der Waals surface area contributed by atoms with Crippen LogP contribution in [0.4, 0.5) is 0 Å². The molecule has 1 unspecified atom stereocenters. The summed E-state index contributed by atoms with van der Waals surface area (Å²) in [6.45, 7) is 5.10. The lowest BCUT2D eigenvalue weighted by atomic mass is 9.88. The van der Waals surface area contributed by atoms with E-state index in [1.165, 1.54) is 6.33 Å². The topological polar surface area (TPSA) is 71.8 Å². The monoisotopic (exact) mass is 371 g/mol. The maximum atomic E-state index is 12.2. The molecule has 1 aromatic heterocycles. The minimum Gasteiger partial charge on any atom is -0.352 e. The summed E-state index contributed by atoms with van der Waals surface area (Å²) < 4.78 is 1.78. The van der Waals surface area contributed by atoms with Crippen LogP contribution in [0.1, 0.15) is 18.1 Å². The Morgan fingerprint density at radius 1 is 1.33 bits per heavy atom. The van der Waals surface area contributed by atoms with Gasteiger partial charge in [-0.25, -0.2) is 9.67 Å². The van der Waals surface area contributed by atoms with Crippen molar-refractivity contribution in [2.75, 3.05) is 13.1 Å². The molecule has 1 atom stereocenters. The number of carbonyl (C=O) groups excluding carboxylic acids is 1. The van der Waals surface area contributed by atoms with Crippen molar-refractivity contribution in [3.63, 3.8) is 0 Å². The molecule has 1 amide bonds. The molecular formula is C16H23Cl2N5O. The van der Waals surface area contributed by atoms with Crippen molar-refractivity contribution in [1.29, 1.82) is 0 Å². The first-order valence-corrected chi connectivity index (χ1v) is 7.61. The van der Waals surface area contributed by atoms with Crippen molar-refractivity contribution in [3.05, 3.63) is 48.0 Å². The smallest absolute Gasteiger partial charge is 0.223 e. The van der Waals surface area contributed by atoms with Crippen molar-refractivity contribution in [3.8, 4) is 0 Å². The summed E-state index contributed by atoms with van der Waals surface area (Å²) in [4.78, 5) is 16.2. The van der Waals surface area contributed by atoms with Crippen molar-refractivity contribution in [2.24, 2.45) is 11.8 Å². The molecule has 2 aromatic rings. The first kappa shape index (κ1) is 20.4. The number of aromatic nitrogens is 3. The van der Waals surface area contributed by atoms with Gasteiger partial charge in [0.05, 0.1) is 6.54 Å². The highest BCUT2D eigenvalue weighted by atomic mass is 35.5. The summed E-state index contributed by atoms with van der Waals surface area (Å²) in [5.74, 6) is 0.649. The molecule has 0 spiro atoms. The number of hydrogen-bond acceptors (Lipinski definition) is 4. The Kier molecular flexibility index (Phi) is 8.18. The second-order valence-electron chi connectivity index (χ2n) is 5.79. The summed E-state index contributed by atoms with van der Waals surface area (Å²) in [6, 6.07) is 8.09. The fraction of sp³-hybridized carbons (Fsp3) is 0.438. The van der Waals surface area contributed by atoms with Crippen LogP contribution >= 0.6 is 24.8 Å². The van der Waals surface area contributed by atoms with Crippen LogP contribution in [-0.2, 0) is 17.9 Å². The zero-order valence-electron chi connectivity index (χ0n) is 13.5. The molecule has 1 aliphatic rings. The minimum atomic E-state index is 0. The Morgan fingerprint density at radius 2 is 2.04 bits per heavy atom. The van der Waals surface area contributed by atoms with E-state index in [0.717, 1.165) is 24.2 Å². The van der Waals surface area contributed by atoms with E-state index >= 15 is 0 Å². The molecule has 2 heterocycles. The molecular weight excluding hydrogens is 349 g/mol. The van der Waals surface area contributed by atoms with Gasteiger partial charge >= 0.3 is 0 Å². The molecule has 132 valence electrons. The van der Waals surface area contributed by atoms with Crippen molar-refractivity contribution < 1.29 is 4.79 Å². The lowest BCUT2D eigenvalue weighted by Crippen LogP contribution is -2.49. The molecule has 6 nitrogen and oxygen atoms in total. The Labute approximate surface area is 154 Å². The highest BCUT2D eigenvalue weighted by Crippen LogP contribution is 2.16. The van der Waals surface area contributed by atoms with Gasteiger partial charge in [-0.05, 0) is 30.1 Å². The van der Waals surface area contributed by atoms with Gasteiger partial charge in [-0.2, -0.15) is 5.10 Å². The normalized spacial score (nSPS) is 14.7. The summed E-state index contributed by atoms with van der Waals surface area (Å²) in [5, 5.41) is 10.4. The molecule has 3 rings (SSSR count). The minimum absolute atomic E-state index is 0. The van der Waals surface area contributed by atoms with E-state index in [2.05, 4.69) is 26.8 Å². The van der Waals surface area contributed by atoms with E-state index in [9.17, 15) is 4.79 Å². The number of hydrogen-bond donors (Lipinski definition) is 2. The average molecular weight is 372 g/mol. The van der Waals surface area contributed by atoms with E-state index in [4.69, 9.17) is 0 Å². The molecule has 1 aliphatic heterocycles. The van der Waals surface area contributed by atoms with Crippen molar-refractivity contribution in [1.82, 2.24) is 25.4 Å². The van der Waals surface area contributed by atoms with E-state index in [-0.39, 0.29) is 36.6 Å². The van der Waals surface area contributed by atoms with E-state index in [1.807, 2.05) is 25.1 Å². The third kappa shape index (κ3) is 4.93. The number of carbonyl (C=O) groups is 1. The Hall–Kier alpha value is -1.63. The number of nitrogens with zero attached hydrogens (tertiary/aromatic N) is 3. The highest BCUT2D eigenvalue weighted by molar-refractivity contribution is 5.85. The zero-order valence-corrected chi connectivity index (χ0v) is 15.1. The van der Waals surface area contributed by atoms with Gasteiger partial charge in [-0.15, -0.1) is 24.8 Å².